The van der Waals surface area contributed by atoms with E-state index in [1.807, 2.05) is 0 Å². The smallest absolute Gasteiger partial charge is 0.0631 e. The molecular formula is C16H33NO. The molecule has 2 unspecified atom stereocenters. The van der Waals surface area contributed by atoms with Crippen molar-refractivity contribution in [1.82, 2.24) is 5.32 Å². The lowest BCUT2D eigenvalue weighted by Crippen LogP contribution is -2.36. The van der Waals surface area contributed by atoms with Crippen LogP contribution in [0.1, 0.15) is 67.2 Å². The Kier molecular flexibility index (Phi) is 5.67. The summed E-state index contributed by atoms with van der Waals surface area (Å²) in [4.78, 5) is 0. The molecule has 1 rings (SSSR count). The minimum Gasteiger partial charge on any atom is -0.372 e. The molecule has 1 fully saturated rings. The molecule has 0 spiro atoms. The van der Waals surface area contributed by atoms with Gasteiger partial charge in [0, 0.05) is 6.54 Å². The van der Waals surface area contributed by atoms with Gasteiger partial charge in [-0.1, -0.05) is 27.7 Å². The third-order valence-corrected chi connectivity index (χ3v) is 4.23. The lowest BCUT2D eigenvalue weighted by Gasteiger charge is -2.32. The molecule has 0 bridgehead atoms. The second kappa shape index (κ2) is 6.38. The second-order valence-electron chi connectivity index (χ2n) is 7.43. The Morgan fingerprint density at radius 2 is 2.06 bits per heavy atom. The zero-order valence-electron chi connectivity index (χ0n) is 13.3. The SMILES string of the molecule is CCC(C)(CNCC(C)C)CC1CCC(C)(C)O1. The van der Waals surface area contributed by atoms with Crippen molar-refractivity contribution in [3.63, 3.8) is 0 Å². The summed E-state index contributed by atoms with van der Waals surface area (Å²) in [6.45, 7) is 15.9. The lowest BCUT2D eigenvalue weighted by molar-refractivity contribution is -0.0341. The van der Waals surface area contributed by atoms with Crippen LogP contribution in [-0.4, -0.2) is 24.8 Å². The summed E-state index contributed by atoms with van der Waals surface area (Å²) < 4.78 is 6.15. The van der Waals surface area contributed by atoms with Crippen LogP contribution in [0.25, 0.3) is 0 Å². The van der Waals surface area contributed by atoms with Gasteiger partial charge in [-0.25, -0.2) is 0 Å². The van der Waals surface area contributed by atoms with Crippen LogP contribution in [0.3, 0.4) is 0 Å². The van der Waals surface area contributed by atoms with Crippen LogP contribution in [0.4, 0.5) is 0 Å². The van der Waals surface area contributed by atoms with E-state index in [1.165, 1.54) is 25.7 Å². The van der Waals surface area contributed by atoms with Gasteiger partial charge in [-0.3, -0.25) is 0 Å². The van der Waals surface area contributed by atoms with Gasteiger partial charge in [0.1, 0.15) is 0 Å². The summed E-state index contributed by atoms with van der Waals surface area (Å²) in [6, 6.07) is 0. The third kappa shape index (κ3) is 5.27. The first-order chi connectivity index (χ1) is 8.26. The van der Waals surface area contributed by atoms with Crippen molar-refractivity contribution in [3.05, 3.63) is 0 Å². The van der Waals surface area contributed by atoms with Gasteiger partial charge in [0.05, 0.1) is 11.7 Å². The van der Waals surface area contributed by atoms with E-state index >= 15 is 0 Å². The van der Waals surface area contributed by atoms with Gasteiger partial charge < -0.3 is 10.1 Å². The third-order valence-electron chi connectivity index (χ3n) is 4.23. The minimum atomic E-state index is 0.102. The van der Waals surface area contributed by atoms with E-state index in [0.29, 0.717) is 11.5 Å². The van der Waals surface area contributed by atoms with Crippen molar-refractivity contribution in [3.8, 4) is 0 Å². The molecule has 0 saturated carbocycles. The van der Waals surface area contributed by atoms with E-state index in [-0.39, 0.29) is 5.60 Å². The molecule has 1 aliphatic rings. The monoisotopic (exact) mass is 255 g/mol. The Balaban J connectivity index is 2.40. The van der Waals surface area contributed by atoms with Crippen LogP contribution in [0, 0.1) is 11.3 Å². The number of ether oxygens (including phenoxy) is 1. The van der Waals surface area contributed by atoms with Crippen LogP contribution >= 0.6 is 0 Å². The van der Waals surface area contributed by atoms with E-state index in [1.54, 1.807) is 0 Å². The molecule has 2 heteroatoms. The first-order valence-electron chi connectivity index (χ1n) is 7.65. The topological polar surface area (TPSA) is 21.3 Å². The maximum Gasteiger partial charge on any atom is 0.0631 e. The van der Waals surface area contributed by atoms with E-state index in [9.17, 15) is 0 Å². The summed E-state index contributed by atoms with van der Waals surface area (Å²) in [6.07, 6.45) is 5.31. The highest BCUT2D eigenvalue weighted by atomic mass is 16.5. The highest BCUT2D eigenvalue weighted by molar-refractivity contribution is 4.86. The molecule has 1 heterocycles. The van der Waals surface area contributed by atoms with Crippen LogP contribution in [-0.2, 0) is 4.74 Å². The summed E-state index contributed by atoms with van der Waals surface area (Å²) in [5, 5.41) is 3.62. The first kappa shape index (κ1) is 16.0. The first-order valence-corrected chi connectivity index (χ1v) is 7.65. The Labute approximate surface area is 114 Å². The Hall–Kier alpha value is -0.0800. The van der Waals surface area contributed by atoms with Gasteiger partial charge in [0.2, 0.25) is 0 Å². The average molecular weight is 255 g/mol. The normalized spacial score (nSPS) is 26.5. The standard InChI is InChI=1S/C16H33NO/c1-7-16(6,12-17-11-13(2)3)10-14-8-9-15(4,5)18-14/h13-14,17H,7-12H2,1-6H3. The van der Waals surface area contributed by atoms with Crippen molar-refractivity contribution in [2.45, 2.75) is 78.9 Å². The lowest BCUT2D eigenvalue weighted by atomic mass is 9.81. The largest absolute Gasteiger partial charge is 0.372 e. The molecule has 0 aromatic carbocycles. The molecule has 0 aliphatic carbocycles. The van der Waals surface area contributed by atoms with Crippen molar-refractivity contribution in [2.75, 3.05) is 13.1 Å². The maximum absolute atomic E-state index is 6.15. The summed E-state index contributed by atoms with van der Waals surface area (Å²) in [5.74, 6) is 0.729. The highest BCUT2D eigenvalue weighted by Gasteiger charge is 2.35. The molecule has 0 aromatic heterocycles. The van der Waals surface area contributed by atoms with Crippen LogP contribution in [0.2, 0.25) is 0 Å². The Morgan fingerprint density at radius 3 is 2.50 bits per heavy atom. The maximum atomic E-state index is 6.15. The number of hydrogen-bond donors (Lipinski definition) is 1. The fourth-order valence-corrected chi connectivity index (χ4v) is 2.78. The molecule has 2 atom stereocenters. The van der Waals surface area contributed by atoms with Gasteiger partial charge in [0.25, 0.3) is 0 Å². The molecule has 108 valence electrons. The van der Waals surface area contributed by atoms with Gasteiger partial charge in [-0.15, -0.1) is 0 Å². The van der Waals surface area contributed by atoms with E-state index in [2.05, 4.69) is 46.9 Å². The van der Waals surface area contributed by atoms with Crippen LogP contribution < -0.4 is 5.32 Å². The molecule has 0 radical (unpaired) electrons. The summed E-state index contributed by atoms with van der Waals surface area (Å²) >= 11 is 0. The summed E-state index contributed by atoms with van der Waals surface area (Å²) in [7, 11) is 0. The molecule has 1 saturated heterocycles. The van der Waals surface area contributed by atoms with E-state index in [4.69, 9.17) is 4.74 Å². The Morgan fingerprint density at radius 1 is 1.39 bits per heavy atom. The fraction of sp³-hybridized carbons (Fsp3) is 1.00. The molecule has 2 nitrogen and oxygen atoms in total. The molecule has 1 N–H and O–H groups in total. The van der Waals surface area contributed by atoms with Gasteiger partial charge >= 0.3 is 0 Å². The molecular weight excluding hydrogens is 222 g/mol. The molecule has 0 amide bonds. The number of hydrogen-bond acceptors (Lipinski definition) is 2. The van der Waals surface area contributed by atoms with E-state index < -0.39 is 0 Å². The zero-order chi connectivity index (χ0) is 13.8. The quantitative estimate of drug-likeness (QED) is 0.742. The minimum absolute atomic E-state index is 0.102. The predicted octanol–water partition coefficient (Wildman–Crippen LogP) is 4.00. The van der Waals surface area contributed by atoms with Gasteiger partial charge in [0.15, 0.2) is 0 Å². The Bertz CT molecular complexity index is 249. The second-order valence-corrected chi connectivity index (χ2v) is 7.43. The predicted molar refractivity (Wildman–Crippen MR) is 78.9 cm³/mol. The number of rotatable bonds is 7. The zero-order valence-corrected chi connectivity index (χ0v) is 13.3. The number of nitrogens with one attached hydrogen (secondary N) is 1. The van der Waals surface area contributed by atoms with Crippen LogP contribution in [0.5, 0.6) is 0 Å². The molecule has 0 aromatic rings. The fourth-order valence-electron chi connectivity index (χ4n) is 2.78. The molecule has 1 aliphatic heterocycles. The van der Waals surface area contributed by atoms with Gasteiger partial charge in [-0.2, -0.15) is 0 Å². The van der Waals surface area contributed by atoms with Crippen molar-refractivity contribution < 1.29 is 4.74 Å². The van der Waals surface area contributed by atoms with Crippen LogP contribution in [0.15, 0.2) is 0 Å². The van der Waals surface area contributed by atoms with E-state index in [0.717, 1.165) is 19.0 Å². The summed E-state index contributed by atoms with van der Waals surface area (Å²) in [5.41, 5.74) is 0.477. The van der Waals surface area contributed by atoms with Crippen molar-refractivity contribution in [1.29, 1.82) is 0 Å². The van der Waals surface area contributed by atoms with Gasteiger partial charge in [-0.05, 0) is 57.4 Å². The average Bonchev–Trinajstić information content (AvgIpc) is 2.57. The molecule has 18 heavy (non-hydrogen) atoms. The van der Waals surface area contributed by atoms with Crippen molar-refractivity contribution in [2.24, 2.45) is 11.3 Å². The van der Waals surface area contributed by atoms with Crippen molar-refractivity contribution >= 4 is 0 Å². The highest BCUT2D eigenvalue weighted by Crippen LogP contribution is 2.37.